The molecule has 0 amide bonds. The molecular formula is C14H16N2O2. The number of carbonyl (C=O) groups excluding carboxylic acids is 1. The Hall–Kier alpha value is -2.10. The highest BCUT2D eigenvalue weighted by atomic mass is 16.5. The van der Waals surface area contributed by atoms with Crippen molar-refractivity contribution in [2.75, 3.05) is 7.11 Å². The minimum Gasteiger partial charge on any atom is -0.464 e. The summed E-state index contributed by atoms with van der Waals surface area (Å²) in [5.74, 6) is -0.317. The molecule has 2 rings (SSSR count). The lowest BCUT2D eigenvalue weighted by Crippen LogP contribution is -2.11. The van der Waals surface area contributed by atoms with Gasteiger partial charge in [-0.15, -0.1) is 0 Å². The molecule has 0 saturated carbocycles. The lowest BCUT2D eigenvalue weighted by molar-refractivity contribution is 0.0589. The Kier molecular flexibility index (Phi) is 3.46. The third-order valence-corrected chi connectivity index (χ3v) is 2.72. The van der Waals surface area contributed by atoms with Crippen LogP contribution in [0.3, 0.4) is 0 Å². The first-order chi connectivity index (χ1) is 8.60. The van der Waals surface area contributed by atoms with Gasteiger partial charge in [-0.1, -0.05) is 0 Å². The molecule has 4 nitrogen and oxygen atoms in total. The van der Waals surface area contributed by atoms with E-state index in [2.05, 4.69) is 4.98 Å². The lowest BCUT2D eigenvalue weighted by Gasteiger charge is -2.09. The van der Waals surface area contributed by atoms with Gasteiger partial charge in [0.1, 0.15) is 5.69 Å². The van der Waals surface area contributed by atoms with Crippen molar-refractivity contribution in [3.8, 4) is 0 Å². The molecule has 0 aromatic carbocycles. The Labute approximate surface area is 106 Å². The molecule has 2 heterocycles. The molecule has 0 bridgehead atoms. The minimum absolute atomic E-state index is 0.317. The average molecular weight is 244 g/mol. The SMILES string of the molecule is COC(=O)c1cccn1Cc1cc(C)nc(C)c1. The fourth-order valence-corrected chi connectivity index (χ4v) is 2.05. The van der Waals surface area contributed by atoms with Gasteiger partial charge < -0.3 is 9.30 Å². The van der Waals surface area contributed by atoms with E-state index >= 15 is 0 Å². The van der Waals surface area contributed by atoms with Gasteiger partial charge in [0, 0.05) is 24.1 Å². The smallest absolute Gasteiger partial charge is 0.354 e. The minimum atomic E-state index is -0.317. The van der Waals surface area contributed by atoms with E-state index < -0.39 is 0 Å². The maximum atomic E-state index is 11.6. The molecule has 0 saturated heterocycles. The van der Waals surface area contributed by atoms with Crippen molar-refractivity contribution in [2.45, 2.75) is 20.4 Å². The summed E-state index contributed by atoms with van der Waals surface area (Å²) in [5.41, 5.74) is 3.65. The highest BCUT2D eigenvalue weighted by molar-refractivity contribution is 5.87. The molecule has 18 heavy (non-hydrogen) atoms. The van der Waals surface area contributed by atoms with Gasteiger partial charge in [0.2, 0.25) is 0 Å². The van der Waals surface area contributed by atoms with E-state index in [0.717, 1.165) is 17.0 Å². The normalized spacial score (nSPS) is 10.4. The molecule has 2 aromatic heterocycles. The Morgan fingerprint density at radius 3 is 2.61 bits per heavy atom. The van der Waals surface area contributed by atoms with Crippen LogP contribution in [0.25, 0.3) is 0 Å². The third-order valence-electron chi connectivity index (χ3n) is 2.72. The molecule has 0 unspecified atom stereocenters. The van der Waals surface area contributed by atoms with Crippen molar-refractivity contribution in [1.29, 1.82) is 0 Å². The largest absolute Gasteiger partial charge is 0.464 e. The monoisotopic (exact) mass is 244 g/mol. The molecule has 0 spiro atoms. The van der Waals surface area contributed by atoms with Crippen LogP contribution in [0.2, 0.25) is 0 Å². The molecule has 0 aliphatic heterocycles. The molecule has 2 aromatic rings. The molecule has 0 N–H and O–H groups in total. The maximum absolute atomic E-state index is 11.6. The predicted octanol–water partition coefficient (Wildman–Crippen LogP) is 2.33. The standard InChI is InChI=1S/C14H16N2O2/c1-10-7-12(8-11(2)15-10)9-16-6-4-5-13(16)14(17)18-3/h4-8H,9H2,1-3H3. The number of hydrogen-bond donors (Lipinski definition) is 0. The van der Waals surface area contributed by atoms with Crippen LogP contribution in [-0.2, 0) is 11.3 Å². The second-order valence-corrected chi connectivity index (χ2v) is 4.27. The van der Waals surface area contributed by atoms with Crippen LogP contribution in [0.4, 0.5) is 0 Å². The number of aromatic nitrogens is 2. The summed E-state index contributed by atoms with van der Waals surface area (Å²) in [5, 5.41) is 0. The second kappa shape index (κ2) is 5.04. The number of rotatable bonds is 3. The van der Waals surface area contributed by atoms with Crippen LogP contribution in [-0.4, -0.2) is 22.6 Å². The molecule has 4 heteroatoms. The van der Waals surface area contributed by atoms with Gasteiger partial charge >= 0.3 is 5.97 Å². The van der Waals surface area contributed by atoms with Gasteiger partial charge in [0.25, 0.3) is 0 Å². The van der Waals surface area contributed by atoms with Crippen LogP contribution in [0.15, 0.2) is 30.5 Å². The van der Waals surface area contributed by atoms with Crippen molar-refractivity contribution in [1.82, 2.24) is 9.55 Å². The lowest BCUT2D eigenvalue weighted by atomic mass is 10.2. The highest BCUT2D eigenvalue weighted by Gasteiger charge is 2.11. The fourth-order valence-electron chi connectivity index (χ4n) is 2.05. The first-order valence-corrected chi connectivity index (χ1v) is 5.78. The zero-order chi connectivity index (χ0) is 13.1. The first kappa shape index (κ1) is 12.4. The fraction of sp³-hybridized carbons (Fsp3) is 0.286. The van der Waals surface area contributed by atoms with E-state index in [9.17, 15) is 4.79 Å². The molecule has 0 fully saturated rings. The van der Waals surface area contributed by atoms with Gasteiger partial charge in [-0.2, -0.15) is 0 Å². The summed E-state index contributed by atoms with van der Waals surface area (Å²) in [6.45, 7) is 4.57. The summed E-state index contributed by atoms with van der Waals surface area (Å²) < 4.78 is 6.62. The molecule has 0 radical (unpaired) electrons. The topological polar surface area (TPSA) is 44.1 Å². The summed E-state index contributed by atoms with van der Waals surface area (Å²) in [6, 6.07) is 7.64. The number of pyridine rings is 1. The van der Waals surface area contributed by atoms with Gasteiger partial charge in [0.15, 0.2) is 0 Å². The summed E-state index contributed by atoms with van der Waals surface area (Å²) >= 11 is 0. The highest BCUT2D eigenvalue weighted by Crippen LogP contribution is 2.11. The molecular weight excluding hydrogens is 228 g/mol. The predicted molar refractivity (Wildman–Crippen MR) is 68.6 cm³/mol. The van der Waals surface area contributed by atoms with Crippen LogP contribution >= 0.6 is 0 Å². The van der Waals surface area contributed by atoms with Gasteiger partial charge in [-0.25, -0.2) is 4.79 Å². The molecule has 0 aliphatic rings. The van der Waals surface area contributed by atoms with Gasteiger partial charge in [-0.3, -0.25) is 4.98 Å². The van der Waals surface area contributed by atoms with E-state index in [4.69, 9.17) is 4.74 Å². The number of carbonyl (C=O) groups is 1. The van der Waals surface area contributed by atoms with E-state index in [1.807, 2.05) is 42.8 Å². The van der Waals surface area contributed by atoms with E-state index in [1.54, 1.807) is 6.07 Å². The van der Waals surface area contributed by atoms with E-state index in [0.29, 0.717) is 12.2 Å². The molecule has 94 valence electrons. The van der Waals surface area contributed by atoms with Crippen LogP contribution < -0.4 is 0 Å². The summed E-state index contributed by atoms with van der Waals surface area (Å²) in [7, 11) is 1.39. The van der Waals surface area contributed by atoms with E-state index in [-0.39, 0.29) is 5.97 Å². The Morgan fingerprint density at radius 2 is 2.00 bits per heavy atom. The summed E-state index contributed by atoms with van der Waals surface area (Å²) in [4.78, 5) is 15.9. The third kappa shape index (κ3) is 2.59. The quantitative estimate of drug-likeness (QED) is 0.778. The first-order valence-electron chi connectivity index (χ1n) is 5.78. The second-order valence-electron chi connectivity index (χ2n) is 4.27. The Bertz CT molecular complexity index is 553. The van der Waals surface area contributed by atoms with Gasteiger partial charge in [0.05, 0.1) is 7.11 Å². The van der Waals surface area contributed by atoms with Gasteiger partial charge in [-0.05, 0) is 43.7 Å². The van der Waals surface area contributed by atoms with Crippen LogP contribution in [0, 0.1) is 13.8 Å². The van der Waals surface area contributed by atoms with E-state index in [1.165, 1.54) is 7.11 Å². The average Bonchev–Trinajstić information content (AvgIpc) is 2.74. The number of nitrogens with zero attached hydrogens (tertiary/aromatic N) is 2. The maximum Gasteiger partial charge on any atom is 0.354 e. The van der Waals surface area contributed by atoms with Crippen LogP contribution in [0.5, 0.6) is 0 Å². The van der Waals surface area contributed by atoms with Crippen molar-refractivity contribution in [3.05, 3.63) is 53.1 Å². The number of aryl methyl sites for hydroxylation is 2. The number of ether oxygens (including phenoxy) is 1. The number of methoxy groups -OCH3 is 1. The Balaban J connectivity index is 2.29. The molecule has 0 atom stereocenters. The van der Waals surface area contributed by atoms with Crippen molar-refractivity contribution < 1.29 is 9.53 Å². The summed E-state index contributed by atoms with van der Waals surface area (Å²) in [6.07, 6.45) is 1.87. The van der Waals surface area contributed by atoms with Crippen molar-refractivity contribution in [3.63, 3.8) is 0 Å². The van der Waals surface area contributed by atoms with Crippen molar-refractivity contribution in [2.24, 2.45) is 0 Å². The zero-order valence-electron chi connectivity index (χ0n) is 10.8. The Morgan fingerprint density at radius 1 is 1.33 bits per heavy atom. The number of esters is 1. The van der Waals surface area contributed by atoms with Crippen LogP contribution in [0.1, 0.15) is 27.4 Å². The van der Waals surface area contributed by atoms with Crippen molar-refractivity contribution >= 4 is 5.97 Å². The number of hydrogen-bond acceptors (Lipinski definition) is 3. The molecule has 0 aliphatic carbocycles. The zero-order valence-corrected chi connectivity index (χ0v) is 10.8.